The highest BCUT2D eigenvalue weighted by Crippen LogP contribution is 2.21. The smallest absolute Gasteiger partial charge is 0.0848 e. The van der Waals surface area contributed by atoms with Crippen LogP contribution in [0.4, 0.5) is 0 Å². The zero-order chi connectivity index (χ0) is 13.7. The molecule has 0 saturated carbocycles. The van der Waals surface area contributed by atoms with Crippen LogP contribution in [0, 0.1) is 12.8 Å². The van der Waals surface area contributed by atoms with Crippen LogP contribution in [0.1, 0.15) is 32.2 Å². The van der Waals surface area contributed by atoms with Crippen LogP contribution in [0.25, 0.3) is 0 Å². The lowest BCUT2D eigenvalue weighted by Gasteiger charge is -2.14. The molecular weight excluding hydrogens is 250 g/mol. The van der Waals surface area contributed by atoms with E-state index in [9.17, 15) is 5.11 Å². The fourth-order valence-corrected chi connectivity index (χ4v) is 2.11. The number of hydrogen-bond acceptors (Lipinski definition) is 3. The van der Waals surface area contributed by atoms with Gasteiger partial charge in [0.25, 0.3) is 0 Å². The minimum atomic E-state index is -0.428. The highest BCUT2D eigenvalue weighted by atomic mass is 35.5. The van der Waals surface area contributed by atoms with Gasteiger partial charge in [0.15, 0.2) is 0 Å². The molecule has 104 valence electrons. The van der Waals surface area contributed by atoms with Crippen LogP contribution >= 0.6 is 11.6 Å². The van der Waals surface area contributed by atoms with Crippen molar-refractivity contribution in [2.24, 2.45) is 5.92 Å². The molecule has 0 spiro atoms. The highest BCUT2D eigenvalue weighted by Gasteiger charge is 2.16. The standard InChI is InChI=1S/C13H24ClN3O/c1-5-17-12(13(14)10(4)16-17)6-11(18)8-15-7-9(2)3/h9,11,15,18H,5-8H2,1-4H3. The lowest BCUT2D eigenvalue weighted by molar-refractivity contribution is 0.168. The van der Waals surface area contributed by atoms with Gasteiger partial charge in [-0.2, -0.15) is 5.10 Å². The van der Waals surface area contributed by atoms with Gasteiger partial charge in [0.05, 0.1) is 22.5 Å². The summed E-state index contributed by atoms with van der Waals surface area (Å²) < 4.78 is 1.86. The zero-order valence-corrected chi connectivity index (χ0v) is 12.5. The Morgan fingerprint density at radius 3 is 2.61 bits per heavy atom. The van der Waals surface area contributed by atoms with Gasteiger partial charge in [0.2, 0.25) is 0 Å². The van der Waals surface area contributed by atoms with E-state index in [0.717, 1.165) is 24.5 Å². The normalized spacial score (nSPS) is 13.3. The second-order valence-corrected chi connectivity index (χ2v) is 5.45. The third-order valence-corrected chi connectivity index (χ3v) is 3.31. The van der Waals surface area contributed by atoms with Crippen molar-refractivity contribution in [1.29, 1.82) is 0 Å². The molecule has 1 unspecified atom stereocenters. The quantitative estimate of drug-likeness (QED) is 0.799. The van der Waals surface area contributed by atoms with Gasteiger partial charge in [-0.05, 0) is 26.3 Å². The molecule has 1 rings (SSSR count). The number of nitrogens with one attached hydrogen (secondary N) is 1. The lowest BCUT2D eigenvalue weighted by atomic mass is 10.1. The number of hydrogen-bond donors (Lipinski definition) is 2. The number of nitrogens with zero attached hydrogens (tertiary/aromatic N) is 2. The third kappa shape index (κ3) is 4.26. The Kier molecular flexibility index (Phi) is 6.12. The maximum Gasteiger partial charge on any atom is 0.0848 e. The molecule has 0 aromatic carbocycles. The van der Waals surface area contributed by atoms with Gasteiger partial charge in [0.1, 0.15) is 0 Å². The Bertz CT molecular complexity index is 377. The first-order valence-corrected chi connectivity index (χ1v) is 6.94. The number of aryl methyl sites for hydroxylation is 2. The van der Waals surface area contributed by atoms with Crippen LogP contribution in [0.2, 0.25) is 5.02 Å². The molecule has 0 amide bonds. The van der Waals surface area contributed by atoms with Crippen molar-refractivity contribution < 1.29 is 5.11 Å². The van der Waals surface area contributed by atoms with E-state index in [4.69, 9.17) is 11.6 Å². The lowest BCUT2D eigenvalue weighted by Crippen LogP contribution is -2.31. The van der Waals surface area contributed by atoms with E-state index in [2.05, 4.69) is 24.3 Å². The maximum atomic E-state index is 10.0. The second-order valence-electron chi connectivity index (χ2n) is 5.07. The molecule has 0 aliphatic carbocycles. The average molecular weight is 274 g/mol. The summed E-state index contributed by atoms with van der Waals surface area (Å²) in [5, 5.41) is 18.3. The molecule has 1 atom stereocenters. The topological polar surface area (TPSA) is 50.1 Å². The summed E-state index contributed by atoms with van der Waals surface area (Å²) in [5.74, 6) is 0.587. The van der Waals surface area contributed by atoms with Gasteiger partial charge >= 0.3 is 0 Å². The number of aliphatic hydroxyl groups excluding tert-OH is 1. The van der Waals surface area contributed by atoms with E-state index in [1.807, 2.05) is 18.5 Å². The van der Waals surface area contributed by atoms with Crippen molar-refractivity contribution in [2.45, 2.75) is 46.8 Å². The van der Waals surface area contributed by atoms with Crippen LogP contribution < -0.4 is 5.32 Å². The molecule has 1 aromatic rings. The summed E-state index contributed by atoms with van der Waals surface area (Å²) in [5.41, 5.74) is 1.76. The molecule has 0 fully saturated rings. The van der Waals surface area contributed by atoms with Crippen LogP contribution in [0.15, 0.2) is 0 Å². The van der Waals surface area contributed by atoms with Crippen molar-refractivity contribution in [3.05, 3.63) is 16.4 Å². The molecule has 0 bridgehead atoms. The van der Waals surface area contributed by atoms with Gasteiger partial charge in [-0.3, -0.25) is 4.68 Å². The van der Waals surface area contributed by atoms with Crippen molar-refractivity contribution in [1.82, 2.24) is 15.1 Å². The van der Waals surface area contributed by atoms with E-state index in [-0.39, 0.29) is 0 Å². The molecular formula is C13H24ClN3O. The maximum absolute atomic E-state index is 10.0. The van der Waals surface area contributed by atoms with Crippen molar-refractivity contribution >= 4 is 11.6 Å². The summed E-state index contributed by atoms with van der Waals surface area (Å²) in [4.78, 5) is 0. The number of rotatable bonds is 7. The van der Waals surface area contributed by atoms with Gasteiger partial charge < -0.3 is 10.4 Å². The van der Waals surface area contributed by atoms with E-state index in [1.54, 1.807) is 0 Å². The summed E-state index contributed by atoms with van der Waals surface area (Å²) >= 11 is 6.21. The summed E-state index contributed by atoms with van der Waals surface area (Å²) in [6.45, 7) is 10.5. The first-order valence-electron chi connectivity index (χ1n) is 6.56. The molecule has 0 radical (unpaired) electrons. The van der Waals surface area contributed by atoms with Gasteiger partial charge in [-0.1, -0.05) is 25.4 Å². The van der Waals surface area contributed by atoms with Crippen LogP contribution in [0.3, 0.4) is 0 Å². The number of halogens is 1. The molecule has 1 heterocycles. The predicted octanol–water partition coefficient (Wildman–Crippen LogP) is 2.01. The monoisotopic (exact) mass is 273 g/mol. The van der Waals surface area contributed by atoms with Crippen molar-refractivity contribution in [3.8, 4) is 0 Å². The van der Waals surface area contributed by atoms with Crippen LogP contribution in [0.5, 0.6) is 0 Å². The fourth-order valence-electron chi connectivity index (χ4n) is 1.90. The number of aromatic nitrogens is 2. The second kappa shape index (κ2) is 7.12. The Hall–Kier alpha value is -0.580. The minimum absolute atomic E-state index is 0.428. The van der Waals surface area contributed by atoms with E-state index >= 15 is 0 Å². The molecule has 0 aliphatic rings. The Morgan fingerprint density at radius 1 is 1.39 bits per heavy atom. The minimum Gasteiger partial charge on any atom is -0.391 e. The van der Waals surface area contributed by atoms with Gasteiger partial charge in [-0.25, -0.2) is 0 Å². The predicted molar refractivity (Wildman–Crippen MR) is 75.1 cm³/mol. The summed E-state index contributed by atoms with van der Waals surface area (Å²) in [7, 11) is 0. The van der Waals surface area contributed by atoms with Gasteiger partial charge in [-0.15, -0.1) is 0 Å². The highest BCUT2D eigenvalue weighted by molar-refractivity contribution is 6.31. The fraction of sp³-hybridized carbons (Fsp3) is 0.769. The molecule has 1 aromatic heterocycles. The molecule has 18 heavy (non-hydrogen) atoms. The molecule has 2 N–H and O–H groups in total. The summed E-state index contributed by atoms with van der Waals surface area (Å²) in [6.07, 6.45) is 0.112. The SMILES string of the molecule is CCn1nc(C)c(Cl)c1CC(O)CNCC(C)C. The van der Waals surface area contributed by atoms with Crippen molar-refractivity contribution in [3.63, 3.8) is 0 Å². The Balaban J connectivity index is 2.55. The van der Waals surface area contributed by atoms with E-state index < -0.39 is 6.10 Å². The number of aliphatic hydroxyl groups is 1. The zero-order valence-electron chi connectivity index (χ0n) is 11.7. The Morgan fingerprint density at radius 2 is 2.06 bits per heavy atom. The largest absolute Gasteiger partial charge is 0.391 e. The molecule has 0 aliphatic heterocycles. The molecule has 4 nitrogen and oxygen atoms in total. The van der Waals surface area contributed by atoms with E-state index in [0.29, 0.717) is 23.9 Å². The van der Waals surface area contributed by atoms with Crippen LogP contribution in [-0.2, 0) is 13.0 Å². The average Bonchev–Trinajstić information content (AvgIpc) is 2.56. The van der Waals surface area contributed by atoms with Crippen LogP contribution in [-0.4, -0.2) is 34.1 Å². The van der Waals surface area contributed by atoms with Gasteiger partial charge in [0, 0.05) is 19.5 Å². The molecule has 0 saturated heterocycles. The third-order valence-electron chi connectivity index (χ3n) is 2.81. The molecule has 5 heteroatoms. The Labute approximate surface area is 114 Å². The van der Waals surface area contributed by atoms with E-state index in [1.165, 1.54) is 0 Å². The van der Waals surface area contributed by atoms with Crippen molar-refractivity contribution in [2.75, 3.05) is 13.1 Å². The summed E-state index contributed by atoms with van der Waals surface area (Å²) in [6, 6.07) is 0. The first-order chi connectivity index (χ1) is 8.45. The first kappa shape index (κ1) is 15.5.